The molecule has 2 heterocycles. The molecule has 1 N–H and O–H groups in total. The van der Waals surface area contributed by atoms with Gasteiger partial charge in [0, 0.05) is 28.4 Å². The van der Waals surface area contributed by atoms with Gasteiger partial charge in [0.1, 0.15) is 5.03 Å². The fourth-order valence-electron chi connectivity index (χ4n) is 3.67. The van der Waals surface area contributed by atoms with Crippen LogP contribution in [0.1, 0.15) is 45.7 Å². The number of nitrogens with one attached hydrogen (secondary N) is 1. The maximum Gasteiger partial charge on any atom is 0.261 e. The minimum atomic E-state index is -0.157. The van der Waals surface area contributed by atoms with Gasteiger partial charge in [-0.1, -0.05) is 29.0 Å². The fourth-order valence-corrected chi connectivity index (χ4v) is 4.72. The molecule has 3 aromatic rings. The number of amides is 2. The Morgan fingerprint density at radius 3 is 2.50 bits per heavy atom. The molecule has 0 saturated carbocycles. The summed E-state index contributed by atoms with van der Waals surface area (Å²) in [6, 6.07) is 15.0. The lowest BCUT2D eigenvalue weighted by Gasteiger charge is -2.27. The van der Waals surface area contributed by atoms with E-state index >= 15 is 0 Å². The minimum Gasteiger partial charge on any atom is -0.322 e. The van der Waals surface area contributed by atoms with E-state index in [4.69, 9.17) is 0 Å². The van der Waals surface area contributed by atoms with Crippen LogP contribution in [-0.2, 0) is 0 Å². The van der Waals surface area contributed by atoms with Crippen molar-refractivity contribution in [1.29, 1.82) is 0 Å². The van der Waals surface area contributed by atoms with Gasteiger partial charge in [-0.2, -0.15) is 0 Å². The van der Waals surface area contributed by atoms with Crippen molar-refractivity contribution >= 4 is 35.0 Å². The first kappa shape index (κ1) is 20.2. The molecular weight excluding hydrogens is 394 g/mol. The Balaban J connectivity index is 1.71. The Labute approximate surface area is 180 Å². The quantitative estimate of drug-likeness (QED) is 0.614. The molecule has 6 heteroatoms. The number of carbonyl (C=O) groups excluding carboxylic acids is 2. The van der Waals surface area contributed by atoms with E-state index in [1.807, 2.05) is 70.2 Å². The molecular formula is C24H23N3O2S. The maximum atomic E-state index is 13.2. The number of aryl methyl sites for hydroxylation is 2. The van der Waals surface area contributed by atoms with Crippen LogP contribution in [0.2, 0.25) is 0 Å². The smallest absolute Gasteiger partial charge is 0.261 e. The number of hydrogen-bond acceptors (Lipinski definition) is 4. The van der Waals surface area contributed by atoms with Crippen molar-refractivity contribution in [2.45, 2.75) is 43.7 Å². The number of rotatable bonds is 3. The van der Waals surface area contributed by atoms with Crippen LogP contribution in [0.5, 0.6) is 0 Å². The summed E-state index contributed by atoms with van der Waals surface area (Å²) >= 11 is 1.45. The van der Waals surface area contributed by atoms with Gasteiger partial charge in [-0.05, 0) is 70.2 Å². The zero-order chi connectivity index (χ0) is 21.4. The van der Waals surface area contributed by atoms with Gasteiger partial charge in [-0.25, -0.2) is 4.98 Å². The maximum absolute atomic E-state index is 13.2. The third-order valence-electron chi connectivity index (χ3n) is 4.90. The summed E-state index contributed by atoms with van der Waals surface area (Å²) in [5.74, 6) is -0.220. The zero-order valence-corrected chi connectivity index (χ0v) is 18.2. The largest absolute Gasteiger partial charge is 0.322 e. The molecule has 2 aromatic carbocycles. The SMILES string of the molecule is Cc1cc(C)cc(C(=O)Nc2ccc3c(c2)Sc2ncccc2C(=O)N3C(C)C)c1. The van der Waals surface area contributed by atoms with Gasteiger partial charge in [0.15, 0.2) is 0 Å². The number of carbonyl (C=O) groups is 2. The lowest BCUT2D eigenvalue weighted by molar-refractivity contribution is 0.0975. The number of hydrogen-bond donors (Lipinski definition) is 1. The van der Waals surface area contributed by atoms with E-state index in [1.54, 1.807) is 17.2 Å². The van der Waals surface area contributed by atoms with Crippen molar-refractivity contribution in [3.8, 4) is 0 Å². The number of aromatic nitrogens is 1. The molecule has 1 aliphatic rings. The van der Waals surface area contributed by atoms with E-state index in [1.165, 1.54) is 11.8 Å². The molecule has 4 rings (SSSR count). The van der Waals surface area contributed by atoms with E-state index in [-0.39, 0.29) is 17.9 Å². The monoisotopic (exact) mass is 417 g/mol. The first-order valence-electron chi connectivity index (χ1n) is 9.83. The highest BCUT2D eigenvalue weighted by atomic mass is 32.2. The highest BCUT2D eigenvalue weighted by molar-refractivity contribution is 7.99. The number of anilines is 2. The van der Waals surface area contributed by atoms with Crippen LogP contribution in [0.25, 0.3) is 0 Å². The molecule has 152 valence electrons. The van der Waals surface area contributed by atoms with Crippen molar-refractivity contribution < 1.29 is 9.59 Å². The Hall–Kier alpha value is -3.12. The molecule has 0 atom stereocenters. The van der Waals surface area contributed by atoms with Crippen molar-refractivity contribution in [2.24, 2.45) is 0 Å². The van der Waals surface area contributed by atoms with Crippen LogP contribution in [0.4, 0.5) is 11.4 Å². The highest BCUT2D eigenvalue weighted by Crippen LogP contribution is 2.42. The summed E-state index contributed by atoms with van der Waals surface area (Å²) in [7, 11) is 0. The summed E-state index contributed by atoms with van der Waals surface area (Å²) in [6.45, 7) is 7.93. The average Bonchev–Trinajstić information content (AvgIpc) is 2.81. The minimum absolute atomic E-state index is 0.0151. The number of fused-ring (bicyclic) bond motifs is 2. The Morgan fingerprint density at radius 2 is 1.80 bits per heavy atom. The third-order valence-corrected chi connectivity index (χ3v) is 5.97. The standard InChI is InChI=1S/C24H23N3O2S/c1-14(2)27-20-8-7-18(26-22(28)17-11-15(3)10-16(4)12-17)13-21(20)30-23-19(24(27)29)6-5-9-25-23/h5-14H,1-4H3,(H,26,28). The predicted octanol–water partition coefficient (Wildman–Crippen LogP) is 5.47. The number of benzene rings is 2. The summed E-state index contributed by atoms with van der Waals surface area (Å²) in [5.41, 5.74) is 4.82. The average molecular weight is 418 g/mol. The molecule has 1 aliphatic heterocycles. The van der Waals surface area contributed by atoms with Crippen molar-refractivity contribution in [3.63, 3.8) is 0 Å². The molecule has 0 bridgehead atoms. The molecule has 30 heavy (non-hydrogen) atoms. The Bertz CT molecular complexity index is 1140. The molecule has 5 nitrogen and oxygen atoms in total. The van der Waals surface area contributed by atoms with Crippen LogP contribution in [0.3, 0.4) is 0 Å². The summed E-state index contributed by atoms with van der Waals surface area (Å²) in [4.78, 5) is 33.0. The molecule has 1 aromatic heterocycles. The third kappa shape index (κ3) is 3.83. The second-order valence-corrected chi connectivity index (χ2v) is 8.77. The first-order valence-corrected chi connectivity index (χ1v) is 10.7. The van der Waals surface area contributed by atoms with Crippen LogP contribution in [-0.4, -0.2) is 22.8 Å². The van der Waals surface area contributed by atoms with Gasteiger partial charge in [-0.3, -0.25) is 9.59 Å². The number of pyridine rings is 1. The number of nitrogens with zero attached hydrogens (tertiary/aromatic N) is 2. The Kier molecular flexibility index (Phi) is 5.35. The molecule has 0 saturated heterocycles. The second-order valence-electron chi connectivity index (χ2n) is 7.74. The summed E-state index contributed by atoms with van der Waals surface area (Å²) < 4.78 is 0. The lowest BCUT2D eigenvalue weighted by Crippen LogP contribution is -2.37. The van der Waals surface area contributed by atoms with Crippen LogP contribution in [0.15, 0.2) is 64.6 Å². The molecule has 0 fully saturated rings. The Morgan fingerprint density at radius 1 is 1.07 bits per heavy atom. The van der Waals surface area contributed by atoms with Crippen molar-refractivity contribution in [1.82, 2.24) is 4.98 Å². The van der Waals surface area contributed by atoms with Crippen molar-refractivity contribution in [2.75, 3.05) is 10.2 Å². The first-order chi connectivity index (χ1) is 14.3. The van der Waals surface area contributed by atoms with E-state index in [2.05, 4.69) is 10.3 Å². The summed E-state index contributed by atoms with van der Waals surface area (Å²) in [5, 5.41) is 3.66. The van der Waals surface area contributed by atoms with E-state index in [0.717, 1.165) is 21.7 Å². The normalized spacial score (nSPS) is 13.0. The fraction of sp³-hybridized carbons (Fsp3) is 0.208. The van der Waals surface area contributed by atoms with Gasteiger partial charge < -0.3 is 10.2 Å². The van der Waals surface area contributed by atoms with E-state index < -0.39 is 0 Å². The van der Waals surface area contributed by atoms with Gasteiger partial charge in [0.05, 0.1) is 11.3 Å². The second kappa shape index (κ2) is 7.95. The van der Waals surface area contributed by atoms with Gasteiger partial charge >= 0.3 is 0 Å². The molecule has 0 unspecified atom stereocenters. The molecule has 2 amide bonds. The molecule has 0 spiro atoms. The zero-order valence-electron chi connectivity index (χ0n) is 17.4. The topological polar surface area (TPSA) is 62.3 Å². The molecule has 0 radical (unpaired) electrons. The van der Waals surface area contributed by atoms with Gasteiger partial charge in [-0.15, -0.1) is 0 Å². The van der Waals surface area contributed by atoms with Crippen molar-refractivity contribution in [3.05, 3.63) is 77.0 Å². The van der Waals surface area contributed by atoms with Gasteiger partial charge in [0.2, 0.25) is 0 Å². The summed E-state index contributed by atoms with van der Waals surface area (Å²) in [6.07, 6.45) is 1.69. The van der Waals surface area contributed by atoms with Crippen LogP contribution < -0.4 is 10.2 Å². The predicted molar refractivity (Wildman–Crippen MR) is 121 cm³/mol. The van der Waals surface area contributed by atoms with Crippen LogP contribution in [0, 0.1) is 13.8 Å². The van der Waals surface area contributed by atoms with Crippen LogP contribution >= 0.6 is 11.8 Å². The van der Waals surface area contributed by atoms with Gasteiger partial charge in [0.25, 0.3) is 11.8 Å². The molecule has 0 aliphatic carbocycles. The lowest BCUT2D eigenvalue weighted by atomic mass is 10.1. The van der Waals surface area contributed by atoms with E-state index in [9.17, 15) is 9.59 Å². The van der Waals surface area contributed by atoms with E-state index in [0.29, 0.717) is 21.8 Å². The highest BCUT2D eigenvalue weighted by Gasteiger charge is 2.30.